The SMILES string of the molecule is Cc1ccc(N2C(=O)[C@H](c3ccccc3)[C@H]([NH+]3CCOCC3)C2=O)cc1. The number of hydrogen-bond acceptors (Lipinski definition) is 3. The largest absolute Gasteiger partial charge is 0.370 e. The van der Waals surface area contributed by atoms with Crippen LogP contribution >= 0.6 is 0 Å². The molecule has 26 heavy (non-hydrogen) atoms. The number of carbonyl (C=O) groups excluding carboxylic acids is 2. The molecule has 1 N–H and O–H groups in total. The number of carbonyl (C=O) groups is 2. The van der Waals surface area contributed by atoms with E-state index in [-0.39, 0.29) is 11.8 Å². The summed E-state index contributed by atoms with van der Waals surface area (Å²) in [6, 6.07) is 16.8. The summed E-state index contributed by atoms with van der Waals surface area (Å²) < 4.78 is 5.46. The van der Waals surface area contributed by atoms with Gasteiger partial charge in [-0.1, -0.05) is 48.0 Å². The molecule has 2 saturated heterocycles. The van der Waals surface area contributed by atoms with Crippen LogP contribution in [0.5, 0.6) is 0 Å². The van der Waals surface area contributed by atoms with Crippen LogP contribution in [0, 0.1) is 6.92 Å². The normalized spacial score (nSPS) is 24.3. The number of anilines is 1. The van der Waals surface area contributed by atoms with Crippen LogP contribution in [0.1, 0.15) is 17.0 Å². The van der Waals surface area contributed by atoms with E-state index in [2.05, 4.69) is 0 Å². The van der Waals surface area contributed by atoms with Crippen molar-refractivity contribution in [2.75, 3.05) is 31.2 Å². The van der Waals surface area contributed by atoms with Gasteiger partial charge in [0, 0.05) is 0 Å². The molecule has 2 atom stereocenters. The van der Waals surface area contributed by atoms with Crippen molar-refractivity contribution in [2.45, 2.75) is 18.9 Å². The minimum Gasteiger partial charge on any atom is -0.370 e. The molecule has 0 spiro atoms. The number of rotatable bonds is 3. The van der Waals surface area contributed by atoms with Gasteiger partial charge in [0.15, 0.2) is 6.04 Å². The first kappa shape index (κ1) is 16.9. The van der Waals surface area contributed by atoms with Gasteiger partial charge in [0.25, 0.3) is 5.91 Å². The van der Waals surface area contributed by atoms with Crippen molar-refractivity contribution in [1.82, 2.24) is 0 Å². The first-order valence-electron chi connectivity index (χ1n) is 9.08. The summed E-state index contributed by atoms with van der Waals surface area (Å²) >= 11 is 0. The Morgan fingerprint density at radius 1 is 0.923 bits per heavy atom. The molecular weight excluding hydrogens is 328 g/mol. The minimum absolute atomic E-state index is 0.107. The molecule has 134 valence electrons. The van der Waals surface area contributed by atoms with Gasteiger partial charge >= 0.3 is 0 Å². The first-order valence-corrected chi connectivity index (χ1v) is 9.08. The molecule has 5 nitrogen and oxygen atoms in total. The standard InChI is InChI=1S/C21H22N2O3/c1-15-7-9-17(10-8-15)23-20(24)18(16-5-3-2-4-6-16)19(21(23)25)22-11-13-26-14-12-22/h2-10,18-19H,11-14H2,1H3/p+1/t18-,19+/m1/s1. The number of morpholine rings is 1. The maximum absolute atomic E-state index is 13.3. The lowest BCUT2D eigenvalue weighted by atomic mass is 9.92. The molecule has 0 aliphatic carbocycles. The summed E-state index contributed by atoms with van der Waals surface area (Å²) in [5, 5.41) is 0. The van der Waals surface area contributed by atoms with Gasteiger partial charge in [0.2, 0.25) is 5.91 Å². The third-order valence-electron chi connectivity index (χ3n) is 5.33. The fraction of sp³-hybridized carbons (Fsp3) is 0.333. The fourth-order valence-corrected chi connectivity index (χ4v) is 3.97. The van der Waals surface area contributed by atoms with Crippen LogP contribution in [0.25, 0.3) is 0 Å². The smallest absolute Gasteiger partial charge is 0.293 e. The van der Waals surface area contributed by atoms with Crippen LogP contribution in [0.3, 0.4) is 0 Å². The number of hydrogen-bond donors (Lipinski definition) is 1. The molecule has 0 radical (unpaired) electrons. The van der Waals surface area contributed by atoms with Crippen molar-refractivity contribution in [2.24, 2.45) is 0 Å². The van der Waals surface area contributed by atoms with Crippen molar-refractivity contribution in [3.63, 3.8) is 0 Å². The van der Waals surface area contributed by atoms with E-state index in [0.29, 0.717) is 18.9 Å². The van der Waals surface area contributed by atoms with E-state index in [0.717, 1.165) is 29.1 Å². The lowest BCUT2D eigenvalue weighted by molar-refractivity contribution is -0.923. The fourth-order valence-electron chi connectivity index (χ4n) is 3.97. The van der Waals surface area contributed by atoms with Crippen LogP contribution in [0.4, 0.5) is 5.69 Å². The van der Waals surface area contributed by atoms with Crippen LogP contribution in [0.2, 0.25) is 0 Å². The van der Waals surface area contributed by atoms with Crippen molar-refractivity contribution in [3.05, 3.63) is 65.7 Å². The van der Waals surface area contributed by atoms with Crippen molar-refractivity contribution in [3.8, 4) is 0 Å². The Labute approximate surface area is 153 Å². The number of benzene rings is 2. The number of amides is 2. The molecule has 0 aromatic heterocycles. The summed E-state index contributed by atoms with van der Waals surface area (Å²) in [5.74, 6) is -0.684. The number of quaternary nitrogens is 1. The number of ether oxygens (including phenoxy) is 1. The molecule has 0 saturated carbocycles. The summed E-state index contributed by atoms with van der Waals surface area (Å²) in [6.45, 7) is 4.73. The molecule has 2 aliphatic rings. The number of nitrogens with one attached hydrogen (secondary N) is 1. The molecule has 2 aromatic rings. The Morgan fingerprint density at radius 2 is 1.58 bits per heavy atom. The average Bonchev–Trinajstić information content (AvgIpc) is 2.94. The van der Waals surface area contributed by atoms with E-state index in [4.69, 9.17) is 4.74 Å². The van der Waals surface area contributed by atoms with E-state index in [9.17, 15) is 9.59 Å². The van der Waals surface area contributed by atoms with Crippen LogP contribution in [-0.2, 0) is 14.3 Å². The predicted molar refractivity (Wildman–Crippen MR) is 98.2 cm³/mol. The monoisotopic (exact) mass is 351 g/mol. The third-order valence-corrected chi connectivity index (χ3v) is 5.33. The maximum Gasteiger partial charge on any atom is 0.293 e. The first-order chi connectivity index (χ1) is 12.7. The highest BCUT2D eigenvalue weighted by Crippen LogP contribution is 2.32. The molecule has 2 aromatic carbocycles. The zero-order valence-corrected chi connectivity index (χ0v) is 14.9. The van der Waals surface area contributed by atoms with Crippen LogP contribution in [-0.4, -0.2) is 44.2 Å². The molecule has 0 bridgehead atoms. The summed E-state index contributed by atoms with van der Waals surface area (Å²) in [5.41, 5.74) is 2.66. The second-order valence-corrected chi connectivity index (χ2v) is 6.98. The second-order valence-electron chi connectivity index (χ2n) is 6.98. The third kappa shape index (κ3) is 2.93. The molecule has 2 aliphatic heterocycles. The Balaban J connectivity index is 1.75. The van der Waals surface area contributed by atoms with E-state index >= 15 is 0 Å². The highest BCUT2D eigenvalue weighted by Gasteiger charge is 2.54. The highest BCUT2D eigenvalue weighted by molar-refractivity contribution is 6.24. The van der Waals surface area contributed by atoms with Gasteiger partial charge in [-0.25, -0.2) is 4.90 Å². The predicted octanol–water partition coefficient (Wildman–Crippen LogP) is 0.936. The Bertz CT molecular complexity index is 798. The molecule has 2 amide bonds. The summed E-state index contributed by atoms with van der Waals surface area (Å²) in [6.07, 6.45) is 0. The molecule has 2 heterocycles. The van der Waals surface area contributed by atoms with Crippen LogP contribution in [0.15, 0.2) is 54.6 Å². The zero-order valence-electron chi connectivity index (χ0n) is 14.9. The number of imide groups is 1. The molecular formula is C21H23N2O3+. The lowest BCUT2D eigenvalue weighted by Crippen LogP contribution is -3.19. The Hall–Kier alpha value is -2.50. The molecule has 2 fully saturated rings. The average molecular weight is 351 g/mol. The van der Waals surface area contributed by atoms with Gasteiger partial charge in [-0.2, -0.15) is 0 Å². The second kappa shape index (κ2) is 7.02. The quantitative estimate of drug-likeness (QED) is 0.838. The minimum atomic E-state index is -0.446. The van der Waals surface area contributed by atoms with Crippen molar-refractivity contribution < 1.29 is 19.2 Å². The van der Waals surface area contributed by atoms with Gasteiger partial charge < -0.3 is 9.64 Å². The molecule has 5 heteroatoms. The van der Waals surface area contributed by atoms with Gasteiger partial charge in [-0.3, -0.25) is 9.59 Å². The Kier molecular flexibility index (Phi) is 4.57. The van der Waals surface area contributed by atoms with Gasteiger partial charge in [-0.05, 0) is 24.6 Å². The summed E-state index contributed by atoms with van der Waals surface area (Å²) in [7, 11) is 0. The van der Waals surface area contributed by atoms with Crippen molar-refractivity contribution >= 4 is 17.5 Å². The number of nitrogens with zero attached hydrogens (tertiary/aromatic N) is 1. The summed E-state index contributed by atoms with van der Waals surface area (Å²) in [4.78, 5) is 29.2. The van der Waals surface area contributed by atoms with E-state index in [1.54, 1.807) is 0 Å². The zero-order chi connectivity index (χ0) is 18.1. The lowest BCUT2D eigenvalue weighted by Gasteiger charge is -2.30. The highest BCUT2D eigenvalue weighted by atomic mass is 16.5. The van der Waals surface area contributed by atoms with Gasteiger partial charge in [0.05, 0.1) is 18.9 Å². The van der Waals surface area contributed by atoms with Gasteiger partial charge in [0.1, 0.15) is 19.0 Å². The van der Waals surface area contributed by atoms with E-state index in [1.807, 2.05) is 61.5 Å². The van der Waals surface area contributed by atoms with Crippen LogP contribution < -0.4 is 9.80 Å². The van der Waals surface area contributed by atoms with E-state index in [1.165, 1.54) is 4.90 Å². The molecule has 4 rings (SSSR count). The van der Waals surface area contributed by atoms with Gasteiger partial charge in [-0.15, -0.1) is 0 Å². The topological polar surface area (TPSA) is 51.1 Å². The Morgan fingerprint density at radius 3 is 2.23 bits per heavy atom. The van der Waals surface area contributed by atoms with Crippen molar-refractivity contribution in [1.29, 1.82) is 0 Å². The van der Waals surface area contributed by atoms with E-state index < -0.39 is 12.0 Å². The number of aryl methyl sites for hydroxylation is 1. The molecule has 0 unspecified atom stereocenters. The maximum atomic E-state index is 13.3.